The maximum Gasteiger partial charge on any atom is 0.244 e. The lowest BCUT2D eigenvalue weighted by atomic mass is 10.0. The molecule has 44 heavy (non-hydrogen) atoms. The Morgan fingerprint density at radius 3 is 2.09 bits per heavy atom. The van der Waals surface area contributed by atoms with E-state index in [1.54, 1.807) is 6.21 Å². The van der Waals surface area contributed by atoms with Gasteiger partial charge in [0.2, 0.25) is 5.91 Å². The Labute approximate surface area is 258 Å². The van der Waals surface area contributed by atoms with Crippen LogP contribution in [0.4, 0.5) is 0 Å². The van der Waals surface area contributed by atoms with Gasteiger partial charge in [0.1, 0.15) is 13.2 Å². The second kappa shape index (κ2) is 15.3. The molecule has 1 N–H and O–H groups in total. The van der Waals surface area contributed by atoms with Crippen molar-refractivity contribution in [2.75, 3.05) is 13.2 Å². The van der Waals surface area contributed by atoms with Gasteiger partial charge in [-0.2, -0.15) is 5.10 Å². The Hall–Kier alpha value is -5.30. The minimum atomic E-state index is -0.189. The van der Waals surface area contributed by atoms with E-state index in [1.165, 1.54) is 0 Å². The highest BCUT2D eigenvalue weighted by Crippen LogP contribution is 2.32. The first-order chi connectivity index (χ1) is 21.6. The van der Waals surface area contributed by atoms with Crippen molar-refractivity contribution in [3.63, 3.8) is 0 Å². The van der Waals surface area contributed by atoms with Gasteiger partial charge < -0.3 is 18.9 Å². The number of hydrazone groups is 1. The summed E-state index contributed by atoms with van der Waals surface area (Å²) in [7, 11) is 0. The Morgan fingerprint density at radius 1 is 0.659 bits per heavy atom. The van der Waals surface area contributed by atoms with Crippen LogP contribution in [0.15, 0.2) is 114 Å². The van der Waals surface area contributed by atoms with Gasteiger partial charge in [0.25, 0.3) is 0 Å². The smallest absolute Gasteiger partial charge is 0.244 e. The number of carbonyl (C=O) groups excluding carboxylic acids is 1. The standard InChI is InChI=1S/C37H36N2O5/c1-3-41-35-21-28(24-38-39-37(40)23-31-15-10-14-30-13-8-9-16-32(30)31)17-19-33(35)44-26-29-18-20-34(36(22-29)42-4-2)43-25-27-11-6-5-7-12-27/h5-22,24H,3-4,23,25-26H2,1-2H3,(H,39,40)/b38-24+. The molecule has 224 valence electrons. The number of ether oxygens (including phenoxy) is 4. The summed E-state index contributed by atoms with van der Waals surface area (Å²) in [5, 5.41) is 6.33. The van der Waals surface area contributed by atoms with Gasteiger partial charge in [-0.3, -0.25) is 4.79 Å². The molecule has 0 fully saturated rings. The summed E-state index contributed by atoms with van der Waals surface area (Å²) in [5.41, 5.74) is 6.38. The number of rotatable bonds is 14. The molecule has 0 aliphatic carbocycles. The highest BCUT2D eigenvalue weighted by atomic mass is 16.5. The molecule has 0 saturated carbocycles. The van der Waals surface area contributed by atoms with E-state index in [-0.39, 0.29) is 12.3 Å². The molecule has 0 radical (unpaired) electrons. The first-order valence-electron chi connectivity index (χ1n) is 14.7. The lowest BCUT2D eigenvalue weighted by molar-refractivity contribution is -0.120. The molecular weight excluding hydrogens is 552 g/mol. The maximum atomic E-state index is 12.6. The zero-order valence-corrected chi connectivity index (χ0v) is 25.0. The van der Waals surface area contributed by atoms with Gasteiger partial charge in [-0.25, -0.2) is 5.43 Å². The fourth-order valence-electron chi connectivity index (χ4n) is 4.76. The number of nitrogens with one attached hydrogen (secondary N) is 1. The highest BCUT2D eigenvalue weighted by Gasteiger charge is 2.11. The van der Waals surface area contributed by atoms with E-state index in [1.807, 2.05) is 123 Å². The van der Waals surface area contributed by atoms with Gasteiger partial charge in [-0.05, 0) is 77.2 Å². The molecule has 0 heterocycles. The summed E-state index contributed by atoms with van der Waals surface area (Å²) in [5.74, 6) is 2.36. The highest BCUT2D eigenvalue weighted by molar-refractivity contribution is 5.90. The fourth-order valence-corrected chi connectivity index (χ4v) is 4.76. The summed E-state index contributed by atoms with van der Waals surface area (Å²) in [6.45, 7) is 5.63. The first kappa shape index (κ1) is 30.2. The zero-order valence-electron chi connectivity index (χ0n) is 25.0. The Kier molecular flexibility index (Phi) is 10.5. The minimum Gasteiger partial charge on any atom is -0.490 e. The third kappa shape index (κ3) is 8.16. The van der Waals surface area contributed by atoms with Crippen LogP contribution in [-0.2, 0) is 24.4 Å². The van der Waals surface area contributed by atoms with Crippen LogP contribution in [-0.4, -0.2) is 25.3 Å². The number of nitrogens with zero attached hydrogens (tertiary/aromatic N) is 1. The lowest BCUT2D eigenvalue weighted by Gasteiger charge is -2.15. The molecule has 0 aliphatic heterocycles. The number of amides is 1. The van der Waals surface area contributed by atoms with Gasteiger partial charge in [0.05, 0.1) is 25.8 Å². The molecule has 5 aromatic carbocycles. The van der Waals surface area contributed by atoms with Gasteiger partial charge in [-0.15, -0.1) is 0 Å². The molecule has 1 amide bonds. The number of benzene rings is 5. The van der Waals surface area contributed by atoms with Crippen molar-refractivity contribution < 1.29 is 23.7 Å². The largest absolute Gasteiger partial charge is 0.490 e. The van der Waals surface area contributed by atoms with Gasteiger partial charge in [0.15, 0.2) is 23.0 Å². The van der Waals surface area contributed by atoms with Crippen molar-refractivity contribution in [3.8, 4) is 23.0 Å². The Balaban J connectivity index is 1.20. The second-order valence-corrected chi connectivity index (χ2v) is 10.0. The monoisotopic (exact) mass is 588 g/mol. The lowest BCUT2D eigenvalue weighted by Crippen LogP contribution is -2.19. The van der Waals surface area contributed by atoms with Crippen molar-refractivity contribution in [1.29, 1.82) is 0 Å². The first-order valence-corrected chi connectivity index (χ1v) is 14.7. The van der Waals surface area contributed by atoms with Crippen LogP contribution in [0, 0.1) is 0 Å². The summed E-state index contributed by atoms with van der Waals surface area (Å²) >= 11 is 0. The normalized spacial score (nSPS) is 11.0. The summed E-state index contributed by atoms with van der Waals surface area (Å²) in [6.07, 6.45) is 1.83. The molecule has 5 aromatic rings. The van der Waals surface area contributed by atoms with Gasteiger partial charge >= 0.3 is 0 Å². The molecule has 0 unspecified atom stereocenters. The summed E-state index contributed by atoms with van der Waals surface area (Å²) in [4.78, 5) is 12.6. The van der Waals surface area contributed by atoms with Gasteiger partial charge in [-0.1, -0.05) is 78.9 Å². The number of carbonyl (C=O) groups is 1. The molecule has 0 atom stereocenters. The topological polar surface area (TPSA) is 78.4 Å². The van der Waals surface area contributed by atoms with Crippen molar-refractivity contribution in [3.05, 3.63) is 131 Å². The van der Waals surface area contributed by atoms with Crippen LogP contribution in [0.5, 0.6) is 23.0 Å². The molecule has 0 saturated heterocycles. The van der Waals surface area contributed by atoms with E-state index in [0.29, 0.717) is 49.4 Å². The second-order valence-electron chi connectivity index (χ2n) is 10.0. The van der Waals surface area contributed by atoms with Crippen molar-refractivity contribution in [1.82, 2.24) is 5.43 Å². The van der Waals surface area contributed by atoms with Crippen LogP contribution in [0.25, 0.3) is 10.8 Å². The molecule has 7 nitrogen and oxygen atoms in total. The predicted octanol–water partition coefficient (Wildman–Crippen LogP) is 7.49. The average molecular weight is 589 g/mol. The van der Waals surface area contributed by atoms with E-state index in [0.717, 1.165) is 33.0 Å². The van der Waals surface area contributed by atoms with E-state index in [9.17, 15) is 4.79 Å². The van der Waals surface area contributed by atoms with Gasteiger partial charge in [0, 0.05) is 0 Å². The van der Waals surface area contributed by atoms with Crippen LogP contribution >= 0.6 is 0 Å². The zero-order chi connectivity index (χ0) is 30.6. The van der Waals surface area contributed by atoms with E-state index < -0.39 is 0 Å². The summed E-state index contributed by atoms with van der Waals surface area (Å²) < 4.78 is 23.9. The van der Waals surface area contributed by atoms with E-state index in [4.69, 9.17) is 18.9 Å². The molecular formula is C37H36N2O5. The third-order valence-electron chi connectivity index (χ3n) is 6.84. The minimum absolute atomic E-state index is 0.189. The fraction of sp³-hybridized carbons (Fsp3) is 0.189. The van der Waals surface area contributed by atoms with Crippen LogP contribution < -0.4 is 24.4 Å². The van der Waals surface area contributed by atoms with Crippen LogP contribution in [0.1, 0.15) is 36.1 Å². The maximum absolute atomic E-state index is 12.6. The number of fused-ring (bicyclic) bond motifs is 1. The number of hydrogen-bond donors (Lipinski definition) is 1. The SMILES string of the molecule is CCOc1cc(/C=N/NC(=O)Cc2cccc3ccccc23)ccc1OCc1ccc(OCc2ccccc2)c(OCC)c1. The summed E-state index contributed by atoms with van der Waals surface area (Å²) in [6, 6.07) is 35.4. The van der Waals surface area contributed by atoms with Crippen molar-refractivity contribution in [2.45, 2.75) is 33.5 Å². The quantitative estimate of drug-likeness (QED) is 0.107. The molecule has 7 heteroatoms. The van der Waals surface area contributed by atoms with Crippen molar-refractivity contribution in [2.24, 2.45) is 5.10 Å². The molecule has 0 bridgehead atoms. The van der Waals surface area contributed by atoms with Crippen LogP contribution in [0.2, 0.25) is 0 Å². The van der Waals surface area contributed by atoms with E-state index >= 15 is 0 Å². The predicted molar refractivity (Wildman–Crippen MR) is 174 cm³/mol. The molecule has 5 rings (SSSR count). The molecule has 0 aliphatic rings. The van der Waals surface area contributed by atoms with E-state index in [2.05, 4.69) is 10.5 Å². The molecule has 0 aromatic heterocycles. The Bertz CT molecular complexity index is 1710. The Morgan fingerprint density at radius 2 is 1.32 bits per heavy atom. The van der Waals surface area contributed by atoms with Crippen LogP contribution in [0.3, 0.4) is 0 Å². The van der Waals surface area contributed by atoms with Crippen molar-refractivity contribution >= 4 is 22.9 Å². The third-order valence-corrected chi connectivity index (χ3v) is 6.84. The average Bonchev–Trinajstić information content (AvgIpc) is 3.05. The number of hydrogen-bond acceptors (Lipinski definition) is 6. The molecule has 0 spiro atoms.